The van der Waals surface area contributed by atoms with Gasteiger partial charge in [0, 0.05) is 6.54 Å². The first-order valence-electron chi connectivity index (χ1n) is 6.43. The van der Waals surface area contributed by atoms with Crippen molar-refractivity contribution in [3.8, 4) is 0 Å². The fraction of sp³-hybridized carbons (Fsp3) is 0.615. The van der Waals surface area contributed by atoms with Crippen molar-refractivity contribution < 1.29 is 13.9 Å². The van der Waals surface area contributed by atoms with Crippen molar-refractivity contribution in [2.45, 2.75) is 6.54 Å². The number of nitrogens with one attached hydrogen (secondary N) is 2. The van der Waals surface area contributed by atoms with Crippen molar-refractivity contribution in [3.05, 3.63) is 24.2 Å². The second-order valence-corrected chi connectivity index (χ2v) is 5.02. The average Bonchev–Trinajstić information content (AvgIpc) is 3.05. The first kappa shape index (κ1) is 11.7. The van der Waals surface area contributed by atoms with E-state index in [0.29, 0.717) is 25.0 Å². The Morgan fingerprint density at radius 3 is 3.22 bits per heavy atom. The monoisotopic (exact) mass is 250 g/mol. The molecule has 1 amide bonds. The number of furan rings is 1. The van der Waals surface area contributed by atoms with Gasteiger partial charge in [0.05, 0.1) is 31.9 Å². The first-order valence-corrected chi connectivity index (χ1v) is 6.43. The Labute approximate surface area is 106 Å². The molecule has 2 saturated heterocycles. The van der Waals surface area contributed by atoms with Crippen LogP contribution in [0.25, 0.3) is 0 Å². The Balaban J connectivity index is 1.58. The minimum absolute atomic E-state index is 0.0336. The van der Waals surface area contributed by atoms with E-state index in [0.717, 1.165) is 25.5 Å². The Morgan fingerprint density at radius 2 is 2.39 bits per heavy atom. The van der Waals surface area contributed by atoms with Gasteiger partial charge in [0.1, 0.15) is 5.76 Å². The second-order valence-electron chi connectivity index (χ2n) is 5.02. The minimum atomic E-state index is -0.0336. The van der Waals surface area contributed by atoms with Gasteiger partial charge in [-0.3, -0.25) is 4.79 Å². The third-order valence-electron chi connectivity index (χ3n) is 3.89. The van der Waals surface area contributed by atoms with Crippen LogP contribution in [0.4, 0.5) is 0 Å². The molecule has 5 nitrogen and oxygen atoms in total. The largest absolute Gasteiger partial charge is 0.467 e. The fourth-order valence-corrected chi connectivity index (χ4v) is 2.87. The van der Waals surface area contributed by atoms with Crippen LogP contribution in [-0.4, -0.2) is 32.2 Å². The van der Waals surface area contributed by atoms with Gasteiger partial charge in [0.2, 0.25) is 5.91 Å². The number of fused-ring (bicyclic) bond motifs is 1. The summed E-state index contributed by atoms with van der Waals surface area (Å²) in [6, 6.07) is 3.68. The van der Waals surface area contributed by atoms with E-state index >= 15 is 0 Å². The highest BCUT2D eigenvalue weighted by Gasteiger charge is 2.40. The lowest BCUT2D eigenvalue weighted by Gasteiger charge is -2.31. The highest BCUT2D eigenvalue weighted by atomic mass is 16.5. The summed E-state index contributed by atoms with van der Waals surface area (Å²) in [5, 5.41) is 6.27. The van der Waals surface area contributed by atoms with E-state index in [4.69, 9.17) is 9.15 Å². The number of ether oxygens (including phenoxy) is 1. The third-order valence-corrected chi connectivity index (χ3v) is 3.89. The zero-order valence-electron chi connectivity index (χ0n) is 10.2. The minimum Gasteiger partial charge on any atom is -0.467 e. The molecule has 0 aliphatic carbocycles. The van der Waals surface area contributed by atoms with E-state index in [-0.39, 0.29) is 11.8 Å². The van der Waals surface area contributed by atoms with Crippen LogP contribution in [0.2, 0.25) is 0 Å². The summed E-state index contributed by atoms with van der Waals surface area (Å²) in [5.74, 6) is 1.72. The van der Waals surface area contributed by atoms with E-state index in [1.807, 2.05) is 12.1 Å². The number of rotatable bonds is 3. The van der Waals surface area contributed by atoms with Crippen LogP contribution >= 0.6 is 0 Å². The smallest absolute Gasteiger partial charge is 0.226 e. The maximum Gasteiger partial charge on any atom is 0.226 e. The Bertz CT molecular complexity index is 404. The molecule has 0 saturated carbocycles. The van der Waals surface area contributed by atoms with Gasteiger partial charge in [-0.25, -0.2) is 0 Å². The van der Waals surface area contributed by atoms with Crippen molar-refractivity contribution in [1.82, 2.24) is 10.6 Å². The third kappa shape index (κ3) is 2.28. The molecular formula is C13H18N2O3. The van der Waals surface area contributed by atoms with Gasteiger partial charge in [-0.15, -0.1) is 0 Å². The summed E-state index contributed by atoms with van der Waals surface area (Å²) in [7, 11) is 0. The molecule has 1 aromatic heterocycles. The molecule has 98 valence electrons. The number of carbonyl (C=O) groups is 1. The van der Waals surface area contributed by atoms with Gasteiger partial charge < -0.3 is 19.8 Å². The lowest BCUT2D eigenvalue weighted by molar-refractivity contribution is -0.133. The molecule has 2 fully saturated rings. The normalized spacial score (nSPS) is 31.0. The molecule has 2 aliphatic rings. The van der Waals surface area contributed by atoms with Gasteiger partial charge in [0.25, 0.3) is 0 Å². The van der Waals surface area contributed by atoms with Gasteiger partial charge >= 0.3 is 0 Å². The molecule has 0 unspecified atom stereocenters. The van der Waals surface area contributed by atoms with Crippen LogP contribution < -0.4 is 10.6 Å². The van der Waals surface area contributed by atoms with Crippen LogP contribution in [0.15, 0.2) is 22.8 Å². The van der Waals surface area contributed by atoms with Crippen molar-refractivity contribution in [2.24, 2.45) is 17.8 Å². The lowest BCUT2D eigenvalue weighted by atomic mass is 9.82. The quantitative estimate of drug-likeness (QED) is 0.814. The molecule has 3 atom stereocenters. The van der Waals surface area contributed by atoms with Crippen LogP contribution in [0.3, 0.4) is 0 Å². The zero-order valence-corrected chi connectivity index (χ0v) is 10.2. The Hall–Kier alpha value is -1.33. The molecular weight excluding hydrogens is 232 g/mol. The highest BCUT2D eigenvalue weighted by Crippen LogP contribution is 2.30. The molecule has 1 aromatic rings. The molecule has 3 rings (SSSR count). The predicted octanol–water partition coefficient (Wildman–Crippen LogP) is 0.378. The van der Waals surface area contributed by atoms with E-state index in [2.05, 4.69) is 10.6 Å². The molecule has 2 aliphatic heterocycles. The summed E-state index contributed by atoms with van der Waals surface area (Å²) >= 11 is 0. The standard InChI is InChI=1S/C13H18N2O3/c16-13(15-5-10-2-1-3-18-10)12-8-17-7-9-4-14-6-11(9)12/h1-3,9,11-12,14H,4-8H2,(H,15,16)/t9-,11-,12-/m1/s1. The van der Waals surface area contributed by atoms with Gasteiger partial charge in [0.15, 0.2) is 0 Å². The number of amides is 1. The molecule has 0 bridgehead atoms. The maximum absolute atomic E-state index is 12.2. The van der Waals surface area contributed by atoms with Crippen LogP contribution in [0.5, 0.6) is 0 Å². The maximum atomic E-state index is 12.2. The van der Waals surface area contributed by atoms with Crippen LogP contribution in [0.1, 0.15) is 5.76 Å². The SMILES string of the molecule is O=C(NCc1ccco1)[C@@H]1COC[C@H]2CNC[C@H]21. The van der Waals surface area contributed by atoms with E-state index in [9.17, 15) is 4.79 Å². The molecule has 5 heteroatoms. The van der Waals surface area contributed by atoms with E-state index < -0.39 is 0 Å². The first-order chi connectivity index (χ1) is 8.84. The summed E-state index contributed by atoms with van der Waals surface area (Å²) in [5.41, 5.74) is 0. The van der Waals surface area contributed by atoms with E-state index in [1.54, 1.807) is 6.26 Å². The van der Waals surface area contributed by atoms with Gasteiger partial charge in [-0.1, -0.05) is 0 Å². The topological polar surface area (TPSA) is 63.5 Å². The highest BCUT2D eigenvalue weighted by molar-refractivity contribution is 5.79. The summed E-state index contributed by atoms with van der Waals surface area (Å²) in [6.07, 6.45) is 1.61. The molecule has 18 heavy (non-hydrogen) atoms. The lowest BCUT2D eigenvalue weighted by Crippen LogP contribution is -2.44. The Morgan fingerprint density at radius 1 is 1.44 bits per heavy atom. The van der Waals surface area contributed by atoms with E-state index in [1.165, 1.54) is 0 Å². The van der Waals surface area contributed by atoms with Crippen molar-refractivity contribution >= 4 is 5.91 Å². The van der Waals surface area contributed by atoms with Crippen LogP contribution in [0, 0.1) is 17.8 Å². The van der Waals surface area contributed by atoms with Crippen molar-refractivity contribution in [3.63, 3.8) is 0 Å². The molecule has 2 N–H and O–H groups in total. The number of hydrogen-bond acceptors (Lipinski definition) is 4. The Kier molecular flexibility index (Phi) is 3.34. The molecule has 3 heterocycles. The van der Waals surface area contributed by atoms with Gasteiger partial charge in [-0.05, 0) is 30.5 Å². The average molecular weight is 250 g/mol. The van der Waals surface area contributed by atoms with Gasteiger partial charge in [-0.2, -0.15) is 0 Å². The van der Waals surface area contributed by atoms with Crippen molar-refractivity contribution in [2.75, 3.05) is 26.3 Å². The molecule has 0 spiro atoms. The molecule has 0 radical (unpaired) electrons. The predicted molar refractivity (Wildman–Crippen MR) is 64.7 cm³/mol. The van der Waals surface area contributed by atoms with Crippen molar-refractivity contribution in [1.29, 1.82) is 0 Å². The second kappa shape index (κ2) is 5.12. The molecule has 0 aromatic carbocycles. The zero-order chi connectivity index (χ0) is 12.4. The summed E-state index contributed by atoms with van der Waals surface area (Å²) < 4.78 is 10.7. The fourth-order valence-electron chi connectivity index (χ4n) is 2.87. The van der Waals surface area contributed by atoms with Crippen LogP contribution in [-0.2, 0) is 16.1 Å². The summed E-state index contributed by atoms with van der Waals surface area (Å²) in [4.78, 5) is 12.2. The number of carbonyl (C=O) groups excluding carboxylic acids is 1. The number of hydrogen-bond donors (Lipinski definition) is 2. The summed E-state index contributed by atoms with van der Waals surface area (Å²) in [6.45, 7) is 3.65.